The van der Waals surface area contributed by atoms with E-state index in [1.165, 1.54) is 6.42 Å². The molecule has 16 heavy (non-hydrogen) atoms. The SMILES string of the molecule is CC(C)(C)C1CCN(c2ccc(C=O)o2)C1. The van der Waals surface area contributed by atoms with E-state index < -0.39 is 0 Å². The lowest BCUT2D eigenvalue weighted by molar-refractivity contribution is 0.110. The van der Waals surface area contributed by atoms with E-state index in [2.05, 4.69) is 25.7 Å². The number of aldehydes is 1. The zero-order valence-corrected chi connectivity index (χ0v) is 10.2. The molecule has 1 aromatic rings. The first kappa shape index (κ1) is 11.2. The molecule has 3 nitrogen and oxygen atoms in total. The van der Waals surface area contributed by atoms with Crippen LogP contribution >= 0.6 is 0 Å². The number of rotatable bonds is 2. The Bertz CT molecular complexity index is 376. The minimum Gasteiger partial charge on any atom is -0.438 e. The van der Waals surface area contributed by atoms with Crippen LogP contribution in [0.15, 0.2) is 16.5 Å². The number of nitrogens with zero attached hydrogens (tertiary/aromatic N) is 1. The highest BCUT2D eigenvalue weighted by Crippen LogP contribution is 2.35. The van der Waals surface area contributed by atoms with Gasteiger partial charge >= 0.3 is 0 Å². The summed E-state index contributed by atoms with van der Waals surface area (Å²) in [6, 6.07) is 3.61. The maximum Gasteiger partial charge on any atom is 0.196 e. The van der Waals surface area contributed by atoms with Crippen LogP contribution in [0.25, 0.3) is 0 Å². The van der Waals surface area contributed by atoms with Crippen LogP contribution in [-0.2, 0) is 0 Å². The van der Waals surface area contributed by atoms with Gasteiger partial charge in [-0.3, -0.25) is 4.79 Å². The summed E-state index contributed by atoms with van der Waals surface area (Å²) >= 11 is 0. The van der Waals surface area contributed by atoms with Crippen molar-refractivity contribution in [2.75, 3.05) is 18.0 Å². The van der Waals surface area contributed by atoms with Gasteiger partial charge in [0.1, 0.15) is 0 Å². The second-order valence-electron chi connectivity index (χ2n) is 5.59. The van der Waals surface area contributed by atoms with Crippen LogP contribution in [0.3, 0.4) is 0 Å². The van der Waals surface area contributed by atoms with Gasteiger partial charge in [0.2, 0.25) is 0 Å². The number of hydrogen-bond donors (Lipinski definition) is 0. The fourth-order valence-electron chi connectivity index (χ4n) is 2.24. The number of carbonyl (C=O) groups excluding carboxylic acids is 1. The Morgan fingerprint density at radius 3 is 2.69 bits per heavy atom. The van der Waals surface area contributed by atoms with E-state index in [-0.39, 0.29) is 0 Å². The Morgan fingerprint density at radius 2 is 2.19 bits per heavy atom. The van der Waals surface area contributed by atoms with Crippen molar-refractivity contribution in [3.05, 3.63) is 17.9 Å². The van der Waals surface area contributed by atoms with Crippen molar-refractivity contribution in [3.63, 3.8) is 0 Å². The summed E-state index contributed by atoms with van der Waals surface area (Å²) in [5.41, 5.74) is 0.342. The van der Waals surface area contributed by atoms with Gasteiger partial charge in [-0.1, -0.05) is 20.8 Å². The van der Waals surface area contributed by atoms with E-state index in [0.29, 0.717) is 17.1 Å². The first-order valence-electron chi connectivity index (χ1n) is 5.80. The topological polar surface area (TPSA) is 33.5 Å². The molecule has 2 rings (SSSR count). The first-order chi connectivity index (χ1) is 7.50. The predicted molar refractivity (Wildman–Crippen MR) is 63.9 cm³/mol. The second-order valence-corrected chi connectivity index (χ2v) is 5.59. The third kappa shape index (κ3) is 2.13. The lowest BCUT2D eigenvalue weighted by Crippen LogP contribution is -2.25. The van der Waals surface area contributed by atoms with E-state index in [4.69, 9.17) is 4.42 Å². The molecule has 88 valence electrons. The Balaban J connectivity index is 2.06. The highest BCUT2D eigenvalue weighted by Gasteiger charge is 2.32. The quantitative estimate of drug-likeness (QED) is 0.720. The minimum absolute atomic E-state index is 0.342. The van der Waals surface area contributed by atoms with E-state index in [1.807, 2.05) is 6.07 Å². The van der Waals surface area contributed by atoms with Crippen molar-refractivity contribution in [2.24, 2.45) is 11.3 Å². The largest absolute Gasteiger partial charge is 0.438 e. The highest BCUT2D eigenvalue weighted by molar-refractivity contribution is 5.71. The molecule has 1 unspecified atom stereocenters. The van der Waals surface area contributed by atoms with Gasteiger partial charge in [0, 0.05) is 19.2 Å². The number of carbonyl (C=O) groups is 1. The van der Waals surface area contributed by atoms with E-state index >= 15 is 0 Å². The molecule has 1 atom stereocenters. The van der Waals surface area contributed by atoms with Gasteiger partial charge in [0.25, 0.3) is 0 Å². The van der Waals surface area contributed by atoms with Crippen LogP contribution in [0.5, 0.6) is 0 Å². The van der Waals surface area contributed by atoms with Crippen molar-refractivity contribution < 1.29 is 9.21 Å². The predicted octanol–water partition coefficient (Wildman–Crippen LogP) is 2.96. The first-order valence-corrected chi connectivity index (χ1v) is 5.80. The van der Waals surface area contributed by atoms with Gasteiger partial charge in [-0.2, -0.15) is 0 Å². The maximum absolute atomic E-state index is 10.5. The molecule has 0 bridgehead atoms. The molecule has 0 aliphatic carbocycles. The number of furan rings is 1. The molecule has 0 amide bonds. The summed E-state index contributed by atoms with van der Waals surface area (Å²) in [4.78, 5) is 12.8. The molecule has 0 radical (unpaired) electrons. The van der Waals surface area contributed by atoms with E-state index in [1.54, 1.807) is 6.07 Å². The smallest absolute Gasteiger partial charge is 0.196 e. The molecular formula is C13H19NO2. The zero-order valence-electron chi connectivity index (χ0n) is 10.2. The van der Waals surface area contributed by atoms with Crippen LogP contribution in [0.4, 0.5) is 5.88 Å². The summed E-state index contributed by atoms with van der Waals surface area (Å²) in [5.74, 6) is 1.93. The molecule has 0 spiro atoms. The van der Waals surface area contributed by atoms with Gasteiger partial charge in [-0.15, -0.1) is 0 Å². The van der Waals surface area contributed by atoms with E-state index in [9.17, 15) is 4.79 Å². The Hall–Kier alpha value is -1.25. The summed E-state index contributed by atoms with van der Waals surface area (Å²) in [6.45, 7) is 8.88. The molecule has 1 aromatic heterocycles. The van der Waals surface area contributed by atoms with Gasteiger partial charge in [-0.05, 0) is 23.8 Å². The van der Waals surface area contributed by atoms with Gasteiger partial charge in [0.15, 0.2) is 17.9 Å². The summed E-state index contributed by atoms with van der Waals surface area (Å²) in [5, 5.41) is 0. The van der Waals surface area contributed by atoms with Crippen LogP contribution < -0.4 is 4.90 Å². The van der Waals surface area contributed by atoms with Crippen molar-refractivity contribution in [1.29, 1.82) is 0 Å². The van der Waals surface area contributed by atoms with Crippen LogP contribution in [-0.4, -0.2) is 19.4 Å². The summed E-state index contributed by atoms with van der Waals surface area (Å²) in [7, 11) is 0. The Kier molecular flexibility index (Phi) is 2.78. The molecule has 0 saturated carbocycles. The lowest BCUT2D eigenvalue weighted by atomic mass is 9.80. The standard InChI is InChI=1S/C13H19NO2/c1-13(2,3)10-6-7-14(8-10)12-5-4-11(9-15)16-12/h4-5,9-10H,6-8H2,1-3H3. The molecule has 1 aliphatic heterocycles. The zero-order chi connectivity index (χ0) is 11.8. The third-order valence-corrected chi connectivity index (χ3v) is 3.45. The Labute approximate surface area is 96.4 Å². The van der Waals surface area contributed by atoms with Crippen molar-refractivity contribution >= 4 is 12.2 Å². The van der Waals surface area contributed by atoms with Gasteiger partial charge < -0.3 is 9.32 Å². The van der Waals surface area contributed by atoms with Gasteiger partial charge in [-0.25, -0.2) is 0 Å². The lowest BCUT2D eigenvalue weighted by Gasteiger charge is -2.26. The number of anilines is 1. The summed E-state index contributed by atoms with van der Waals surface area (Å²) < 4.78 is 5.44. The molecule has 1 fully saturated rings. The molecule has 3 heteroatoms. The monoisotopic (exact) mass is 221 g/mol. The fourth-order valence-corrected chi connectivity index (χ4v) is 2.24. The van der Waals surface area contributed by atoms with Crippen LogP contribution in [0.1, 0.15) is 37.7 Å². The second kappa shape index (κ2) is 3.96. The molecule has 2 heterocycles. The fraction of sp³-hybridized carbons (Fsp3) is 0.615. The maximum atomic E-state index is 10.5. The average molecular weight is 221 g/mol. The van der Waals surface area contributed by atoms with Crippen molar-refractivity contribution in [3.8, 4) is 0 Å². The molecule has 0 aromatic carbocycles. The molecule has 1 aliphatic rings. The van der Waals surface area contributed by atoms with Crippen molar-refractivity contribution in [2.45, 2.75) is 27.2 Å². The molecular weight excluding hydrogens is 202 g/mol. The van der Waals surface area contributed by atoms with Gasteiger partial charge in [0.05, 0.1) is 0 Å². The van der Waals surface area contributed by atoms with Crippen LogP contribution in [0.2, 0.25) is 0 Å². The number of hydrogen-bond acceptors (Lipinski definition) is 3. The summed E-state index contributed by atoms with van der Waals surface area (Å²) in [6.07, 6.45) is 1.95. The minimum atomic E-state index is 0.342. The normalized spacial score (nSPS) is 21.4. The molecule has 1 saturated heterocycles. The molecule has 0 N–H and O–H groups in total. The van der Waals surface area contributed by atoms with Crippen LogP contribution in [0, 0.1) is 11.3 Å². The highest BCUT2D eigenvalue weighted by atomic mass is 16.4. The van der Waals surface area contributed by atoms with Crippen molar-refractivity contribution in [1.82, 2.24) is 0 Å². The average Bonchev–Trinajstić information content (AvgIpc) is 2.85. The van der Waals surface area contributed by atoms with E-state index in [0.717, 1.165) is 25.3 Å². The third-order valence-electron chi connectivity index (χ3n) is 3.45. The Morgan fingerprint density at radius 1 is 1.44 bits per heavy atom.